The number of aliphatic hydroxyl groups excluding tert-OH is 1. The Labute approximate surface area is 121 Å². The van der Waals surface area contributed by atoms with Crippen LogP contribution in [0.5, 0.6) is 0 Å². The third-order valence-electron chi connectivity index (χ3n) is 2.20. The Morgan fingerprint density at radius 3 is 2.28 bits per heavy atom. The van der Waals surface area contributed by atoms with Crippen molar-refractivity contribution in [1.82, 2.24) is 4.72 Å². The number of benzene rings is 1. The highest BCUT2D eigenvalue weighted by molar-refractivity contribution is 7.89. The molecule has 0 saturated carbocycles. The van der Waals surface area contributed by atoms with Crippen molar-refractivity contribution in [3.8, 4) is 0 Å². The Morgan fingerprint density at radius 2 is 1.83 bits per heavy atom. The zero-order valence-electron chi connectivity index (χ0n) is 9.62. The number of alkyl halides is 3. The molecule has 0 aliphatic heterocycles. The molecular formula is C10H12Cl3NO3S. The molecule has 0 amide bonds. The molecular weight excluding hydrogens is 321 g/mol. The van der Waals surface area contributed by atoms with Crippen molar-refractivity contribution in [3.05, 3.63) is 29.3 Å². The molecule has 0 fully saturated rings. The summed E-state index contributed by atoms with van der Waals surface area (Å²) in [5.74, 6) is 0. The molecule has 0 aliphatic rings. The largest absolute Gasteiger partial charge is 0.373 e. The van der Waals surface area contributed by atoms with Gasteiger partial charge < -0.3 is 5.11 Å². The standard InChI is InChI=1S/C10H12Cl3NO3S/c1-6-3-4-8(7(2)5-6)18(16,17)14-9(15)10(11,12)13/h3-5,9,14-15H,1-2H3. The van der Waals surface area contributed by atoms with Gasteiger partial charge in [0.25, 0.3) is 0 Å². The molecule has 4 nitrogen and oxygen atoms in total. The fourth-order valence-corrected chi connectivity index (χ4v) is 3.06. The second-order valence-electron chi connectivity index (χ2n) is 3.83. The molecule has 0 aromatic heterocycles. The van der Waals surface area contributed by atoms with E-state index in [1.807, 2.05) is 11.6 Å². The van der Waals surface area contributed by atoms with Crippen LogP contribution in [0.2, 0.25) is 0 Å². The van der Waals surface area contributed by atoms with Crippen LogP contribution in [0.1, 0.15) is 11.1 Å². The minimum Gasteiger partial charge on any atom is -0.373 e. The lowest BCUT2D eigenvalue weighted by molar-refractivity contribution is 0.167. The van der Waals surface area contributed by atoms with Crippen molar-refractivity contribution in [3.63, 3.8) is 0 Å². The van der Waals surface area contributed by atoms with Crippen LogP contribution in [0.25, 0.3) is 0 Å². The van der Waals surface area contributed by atoms with Gasteiger partial charge in [-0.2, -0.15) is 4.72 Å². The van der Waals surface area contributed by atoms with Crippen LogP contribution in [0, 0.1) is 13.8 Å². The van der Waals surface area contributed by atoms with Crippen LogP contribution in [0.3, 0.4) is 0 Å². The number of halogens is 3. The summed E-state index contributed by atoms with van der Waals surface area (Å²) in [6.45, 7) is 3.48. The van der Waals surface area contributed by atoms with Crippen molar-refractivity contribution in [2.45, 2.75) is 28.8 Å². The van der Waals surface area contributed by atoms with Gasteiger partial charge in [-0.1, -0.05) is 52.5 Å². The van der Waals surface area contributed by atoms with E-state index >= 15 is 0 Å². The minimum absolute atomic E-state index is 0.0291. The van der Waals surface area contributed by atoms with Gasteiger partial charge in [0, 0.05) is 0 Å². The van der Waals surface area contributed by atoms with E-state index in [0.29, 0.717) is 5.56 Å². The summed E-state index contributed by atoms with van der Waals surface area (Å²) in [5.41, 5.74) is 1.47. The fraction of sp³-hybridized carbons (Fsp3) is 0.400. The van der Waals surface area contributed by atoms with Gasteiger partial charge in [-0.05, 0) is 25.5 Å². The Balaban J connectivity index is 3.08. The minimum atomic E-state index is -3.94. The van der Waals surface area contributed by atoms with Gasteiger partial charge in [0.15, 0.2) is 6.23 Å². The molecule has 2 N–H and O–H groups in total. The van der Waals surface area contributed by atoms with Gasteiger partial charge >= 0.3 is 0 Å². The number of aliphatic hydroxyl groups is 1. The third kappa shape index (κ3) is 3.98. The van der Waals surface area contributed by atoms with Gasteiger partial charge in [0.1, 0.15) is 0 Å². The maximum Gasteiger partial charge on any atom is 0.243 e. The van der Waals surface area contributed by atoms with Crippen molar-refractivity contribution >= 4 is 44.8 Å². The Bertz CT molecular complexity index is 540. The predicted molar refractivity (Wildman–Crippen MR) is 72.5 cm³/mol. The highest BCUT2D eigenvalue weighted by atomic mass is 35.6. The Morgan fingerprint density at radius 1 is 1.28 bits per heavy atom. The summed E-state index contributed by atoms with van der Waals surface area (Å²) >= 11 is 16.2. The highest BCUT2D eigenvalue weighted by Gasteiger charge is 2.34. The van der Waals surface area contributed by atoms with Crippen LogP contribution in [-0.2, 0) is 10.0 Å². The van der Waals surface area contributed by atoms with Crippen molar-refractivity contribution in [2.75, 3.05) is 0 Å². The number of hydrogen-bond acceptors (Lipinski definition) is 3. The Kier molecular flexibility index (Phi) is 4.92. The number of aryl methyl sites for hydroxylation is 2. The highest BCUT2D eigenvalue weighted by Crippen LogP contribution is 2.30. The van der Waals surface area contributed by atoms with Crippen molar-refractivity contribution in [1.29, 1.82) is 0 Å². The zero-order chi connectivity index (χ0) is 14.1. The molecule has 1 atom stereocenters. The first-order chi connectivity index (χ1) is 8.04. The summed E-state index contributed by atoms with van der Waals surface area (Å²) in [6.07, 6.45) is -1.83. The molecule has 0 aliphatic carbocycles. The summed E-state index contributed by atoms with van der Waals surface area (Å²) < 4.78 is 23.7. The molecule has 102 valence electrons. The average molecular weight is 333 g/mol. The van der Waals surface area contributed by atoms with E-state index in [2.05, 4.69) is 0 Å². The van der Waals surface area contributed by atoms with Crippen LogP contribution < -0.4 is 4.72 Å². The van der Waals surface area contributed by atoms with E-state index in [4.69, 9.17) is 34.8 Å². The van der Waals surface area contributed by atoms with Gasteiger partial charge in [0.05, 0.1) is 4.90 Å². The topological polar surface area (TPSA) is 66.4 Å². The van der Waals surface area contributed by atoms with E-state index in [-0.39, 0.29) is 4.90 Å². The normalized spacial score (nSPS) is 14.6. The molecule has 1 unspecified atom stereocenters. The molecule has 0 radical (unpaired) electrons. The molecule has 0 saturated heterocycles. The summed E-state index contributed by atoms with van der Waals surface area (Å²) in [5, 5.41) is 9.44. The first-order valence-corrected chi connectivity index (χ1v) is 7.50. The van der Waals surface area contributed by atoms with Crippen molar-refractivity contribution in [2.24, 2.45) is 0 Å². The summed E-state index contributed by atoms with van der Waals surface area (Å²) in [7, 11) is -3.94. The van der Waals surface area contributed by atoms with Crippen LogP contribution in [0.4, 0.5) is 0 Å². The number of rotatable bonds is 3. The third-order valence-corrected chi connectivity index (χ3v) is 4.39. The first kappa shape index (κ1) is 16.0. The van der Waals surface area contributed by atoms with Gasteiger partial charge in [-0.3, -0.25) is 0 Å². The molecule has 0 bridgehead atoms. The van der Waals surface area contributed by atoms with Crippen LogP contribution >= 0.6 is 34.8 Å². The molecule has 0 spiro atoms. The maximum atomic E-state index is 12.0. The van der Waals surface area contributed by atoms with Gasteiger partial charge in [-0.25, -0.2) is 8.42 Å². The quantitative estimate of drug-likeness (QED) is 0.659. The molecule has 1 aromatic carbocycles. The zero-order valence-corrected chi connectivity index (χ0v) is 12.7. The number of nitrogens with one attached hydrogen (secondary N) is 1. The lowest BCUT2D eigenvalue weighted by Gasteiger charge is -2.20. The van der Waals surface area contributed by atoms with Crippen LogP contribution in [0.15, 0.2) is 23.1 Å². The van der Waals surface area contributed by atoms with Gasteiger partial charge in [0.2, 0.25) is 13.8 Å². The maximum absolute atomic E-state index is 12.0. The van der Waals surface area contributed by atoms with E-state index < -0.39 is 20.0 Å². The smallest absolute Gasteiger partial charge is 0.243 e. The van der Waals surface area contributed by atoms with E-state index in [1.54, 1.807) is 19.1 Å². The second kappa shape index (κ2) is 5.53. The number of hydrogen-bond donors (Lipinski definition) is 2. The monoisotopic (exact) mass is 331 g/mol. The van der Waals surface area contributed by atoms with E-state index in [1.165, 1.54) is 6.07 Å². The van der Waals surface area contributed by atoms with E-state index in [9.17, 15) is 13.5 Å². The fourth-order valence-electron chi connectivity index (χ4n) is 1.38. The molecule has 1 rings (SSSR count). The second-order valence-corrected chi connectivity index (χ2v) is 7.89. The van der Waals surface area contributed by atoms with Crippen LogP contribution in [-0.4, -0.2) is 23.5 Å². The average Bonchev–Trinajstić information content (AvgIpc) is 2.14. The lowest BCUT2D eigenvalue weighted by Crippen LogP contribution is -2.43. The summed E-state index contributed by atoms with van der Waals surface area (Å²) in [4.78, 5) is 0.0291. The Hall–Kier alpha value is -0.0400. The molecule has 0 heterocycles. The molecule has 8 heteroatoms. The lowest BCUT2D eigenvalue weighted by atomic mass is 10.2. The van der Waals surface area contributed by atoms with Crippen molar-refractivity contribution < 1.29 is 13.5 Å². The summed E-state index contributed by atoms with van der Waals surface area (Å²) in [6, 6.07) is 4.78. The van der Waals surface area contributed by atoms with E-state index in [0.717, 1.165) is 5.56 Å². The first-order valence-electron chi connectivity index (χ1n) is 4.88. The SMILES string of the molecule is Cc1ccc(S(=O)(=O)NC(O)C(Cl)(Cl)Cl)c(C)c1. The van der Waals surface area contributed by atoms with Gasteiger partial charge in [-0.15, -0.1) is 0 Å². The predicted octanol–water partition coefficient (Wildman–Crippen LogP) is 2.27. The molecule has 18 heavy (non-hydrogen) atoms. The number of sulfonamides is 1. The molecule has 1 aromatic rings.